The average Bonchev–Trinajstić information content (AvgIpc) is 2.45. The Morgan fingerprint density at radius 1 is 1.14 bits per heavy atom. The molecule has 0 aromatic heterocycles. The highest BCUT2D eigenvalue weighted by atomic mass is 19.1. The quantitative estimate of drug-likeness (QED) is 0.893. The topological polar surface area (TPSA) is 37.3 Å². The number of carboxylic acid groups (broad SMARTS) is 1. The monoisotopic (exact) mass is 286 g/mol. The number of hydrogen-bond donors (Lipinski definition) is 1. The van der Waals surface area contributed by atoms with Crippen LogP contribution in [0.5, 0.6) is 0 Å². The number of carboxylic acids is 1. The molecule has 0 fully saturated rings. The van der Waals surface area contributed by atoms with Crippen LogP contribution in [-0.2, 0) is 6.42 Å². The Balaban J connectivity index is 0.000000219. The van der Waals surface area contributed by atoms with Crippen LogP contribution in [0.3, 0.4) is 0 Å². The Morgan fingerprint density at radius 3 is 2.05 bits per heavy atom. The molecule has 2 nitrogen and oxygen atoms in total. The normalized spacial score (nSPS) is 9.38. The number of carbonyl (C=O) groups is 1. The van der Waals surface area contributed by atoms with Crippen molar-refractivity contribution in [3.05, 3.63) is 70.0 Å². The van der Waals surface area contributed by atoms with Crippen molar-refractivity contribution in [1.82, 2.24) is 0 Å². The van der Waals surface area contributed by atoms with Gasteiger partial charge >= 0.3 is 5.97 Å². The standard InChI is InChI=1S/C10H12O2.C8H7F/c1-6-4-9(10(11)12)5-7(2)8(6)3;1-2-7-5-3-4-6-8(7)9/h4-5H,1-3H3,(H,11,12);5-6H,2H2,1H3. The molecule has 1 N–H and O–H groups in total. The summed E-state index contributed by atoms with van der Waals surface area (Å²) >= 11 is 0. The third-order valence-corrected chi connectivity index (χ3v) is 3.39. The second-order valence-corrected chi connectivity index (χ2v) is 4.84. The van der Waals surface area contributed by atoms with Crippen molar-refractivity contribution in [3.8, 4) is 0 Å². The van der Waals surface area contributed by atoms with Crippen LogP contribution in [0, 0.1) is 38.7 Å². The number of hydrogen-bond acceptors (Lipinski definition) is 1. The lowest BCUT2D eigenvalue weighted by molar-refractivity contribution is 0.0696. The van der Waals surface area contributed by atoms with E-state index in [0.717, 1.165) is 17.5 Å². The molecule has 21 heavy (non-hydrogen) atoms. The highest BCUT2D eigenvalue weighted by Crippen LogP contribution is 2.15. The summed E-state index contributed by atoms with van der Waals surface area (Å²) in [6, 6.07) is 11.5. The van der Waals surface area contributed by atoms with Crippen LogP contribution in [0.4, 0.5) is 4.39 Å². The van der Waals surface area contributed by atoms with Gasteiger partial charge < -0.3 is 5.11 Å². The van der Waals surface area contributed by atoms with Crippen molar-refractivity contribution < 1.29 is 14.3 Å². The minimum Gasteiger partial charge on any atom is -0.478 e. The number of aromatic carboxylic acids is 1. The molecule has 0 bridgehead atoms. The van der Waals surface area contributed by atoms with E-state index in [0.29, 0.717) is 11.1 Å². The van der Waals surface area contributed by atoms with Gasteiger partial charge in [-0.25, -0.2) is 9.18 Å². The Labute approximate surface area is 125 Å². The maximum atomic E-state index is 12.5. The predicted molar refractivity (Wildman–Crippen MR) is 81.1 cm³/mol. The fourth-order valence-corrected chi connectivity index (χ4v) is 1.83. The van der Waals surface area contributed by atoms with Gasteiger partial charge in [-0.3, -0.25) is 0 Å². The van der Waals surface area contributed by atoms with Gasteiger partial charge in [0.25, 0.3) is 0 Å². The summed E-state index contributed by atoms with van der Waals surface area (Å²) < 4.78 is 12.5. The summed E-state index contributed by atoms with van der Waals surface area (Å²) in [5.74, 6) is -1.04. The first-order chi connectivity index (χ1) is 9.86. The Morgan fingerprint density at radius 2 is 1.67 bits per heavy atom. The van der Waals surface area contributed by atoms with Crippen molar-refractivity contribution >= 4 is 5.97 Å². The molecule has 0 amide bonds. The molecule has 0 saturated carbocycles. The molecule has 0 radical (unpaired) electrons. The molecule has 0 aliphatic carbocycles. The fraction of sp³-hybridized carbons (Fsp3) is 0.278. The van der Waals surface area contributed by atoms with Gasteiger partial charge in [-0.2, -0.15) is 0 Å². The summed E-state index contributed by atoms with van der Waals surface area (Å²) in [4.78, 5) is 10.6. The van der Waals surface area contributed by atoms with Crippen molar-refractivity contribution in [1.29, 1.82) is 0 Å². The number of benzene rings is 1. The van der Waals surface area contributed by atoms with Crippen LogP contribution in [0.1, 0.15) is 39.5 Å². The number of aryl methyl sites for hydroxylation is 3. The van der Waals surface area contributed by atoms with E-state index >= 15 is 0 Å². The van der Waals surface area contributed by atoms with Gasteiger partial charge in [-0.05, 0) is 67.6 Å². The SMILES string of the molecule is CCc1cc#ccc1F.Cc1cc(C(=O)O)cc(C)c1C. The second kappa shape index (κ2) is 7.44. The molecule has 0 spiro atoms. The minimum absolute atomic E-state index is 0.184. The van der Waals surface area contributed by atoms with Gasteiger partial charge in [0.15, 0.2) is 0 Å². The van der Waals surface area contributed by atoms with Crippen LogP contribution in [0.15, 0.2) is 24.3 Å². The molecular weight excluding hydrogens is 267 g/mol. The van der Waals surface area contributed by atoms with E-state index in [1.807, 2.05) is 27.7 Å². The molecule has 2 aromatic rings. The van der Waals surface area contributed by atoms with Gasteiger partial charge in [0.2, 0.25) is 0 Å². The summed E-state index contributed by atoms with van der Waals surface area (Å²) in [6.07, 6.45) is 0.719. The first kappa shape index (κ1) is 16.7. The molecule has 0 heterocycles. The molecule has 0 unspecified atom stereocenters. The van der Waals surface area contributed by atoms with Crippen molar-refractivity contribution in [2.45, 2.75) is 34.1 Å². The van der Waals surface area contributed by atoms with E-state index in [1.165, 1.54) is 11.6 Å². The van der Waals surface area contributed by atoms with Gasteiger partial charge in [0.1, 0.15) is 5.82 Å². The summed E-state index contributed by atoms with van der Waals surface area (Å²) in [7, 11) is 0. The number of rotatable bonds is 2. The van der Waals surface area contributed by atoms with Gasteiger partial charge in [0, 0.05) is 6.07 Å². The Hall–Kier alpha value is -2.34. The molecule has 0 atom stereocenters. The smallest absolute Gasteiger partial charge is 0.335 e. The van der Waals surface area contributed by atoms with Crippen molar-refractivity contribution in [2.24, 2.45) is 0 Å². The zero-order chi connectivity index (χ0) is 16.0. The molecule has 0 aliphatic heterocycles. The van der Waals surface area contributed by atoms with E-state index in [1.54, 1.807) is 18.2 Å². The highest BCUT2D eigenvalue weighted by molar-refractivity contribution is 5.88. The lowest BCUT2D eigenvalue weighted by atomic mass is 10.0. The van der Waals surface area contributed by atoms with Crippen molar-refractivity contribution in [3.63, 3.8) is 0 Å². The lowest BCUT2D eigenvalue weighted by Gasteiger charge is -2.05. The number of halogens is 1. The van der Waals surface area contributed by atoms with Gasteiger partial charge in [-0.15, -0.1) is 0 Å². The largest absolute Gasteiger partial charge is 0.478 e. The van der Waals surface area contributed by atoms with Crippen LogP contribution < -0.4 is 0 Å². The predicted octanol–water partition coefficient (Wildman–Crippen LogP) is 4.30. The molecule has 0 aliphatic rings. The second-order valence-electron chi connectivity index (χ2n) is 4.84. The van der Waals surface area contributed by atoms with E-state index in [-0.39, 0.29) is 5.82 Å². The average molecular weight is 286 g/mol. The first-order valence-electron chi connectivity index (χ1n) is 6.74. The van der Waals surface area contributed by atoms with E-state index in [2.05, 4.69) is 12.1 Å². The lowest BCUT2D eigenvalue weighted by Crippen LogP contribution is -1.99. The first-order valence-corrected chi connectivity index (χ1v) is 6.74. The van der Waals surface area contributed by atoms with Gasteiger partial charge in [0.05, 0.1) is 5.56 Å². The Kier molecular flexibility index (Phi) is 5.92. The zero-order valence-electron chi connectivity index (χ0n) is 12.7. The Bertz CT molecular complexity index is 610. The molecule has 2 rings (SSSR count). The van der Waals surface area contributed by atoms with E-state index < -0.39 is 5.97 Å². The van der Waals surface area contributed by atoms with Crippen molar-refractivity contribution in [2.75, 3.05) is 0 Å². The van der Waals surface area contributed by atoms with Crippen LogP contribution in [-0.4, -0.2) is 11.1 Å². The van der Waals surface area contributed by atoms with E-state index in [4.69, 9.17) is 5.11 Å². The van der Waals surface area contributed by atoms with E-state index in [9.17, 15) is 9.18 Å². The minimum atomic E-state index is -0.860. The zero-order valence-corrected chi connectivity index (χ0v) is 12.7. The fourth-order valence-electron chi connectivity index (χ4n) is 1.83. The summed E-state index contributed by atoms with van der Waals surface area (Å²) in [6.45, 7) is 7.76. The maximum Gasteiger partial charge on any atom is 0.335 e. The summed E-state index contributed by atoms with van der Waals surface area (Å²) in [5.41, 5.74) is 4.31. The summed E-state index contributed by atoms with van der Waals surface area (Å²) in [5, 5.41) is 8.72. The van der Waals surface area contributed by atoms with Gasteiger partial charge in [-0.1, -0.05) is 19.1 Å². The van der Waals surface area contributed by atoms with Crippen LogP contribution in [0.2, 0.25) is 0 Å². The molecule has 3 heteroatoms. The molecular formula is C18H19FO2. The molecule has 110 valence electrons. The molecule has 0 saturated heterocycles. The van der Waals surface area contributed by atoms with Crippen LogP contribution >= 0.6 is 0 Å². The molecule has 2 aromatic carbocycles. The third-order valence-electron chi connectivity index (χ3n) is 3.39. The highest BCUT2D eigenvalue weighted by Gasteiger charge is 2.05. The van der Waals surface area contributed by atoms with Crippen LogP contribution in [0.25, 0.3) is 0 Å². The maximum absolute atomic E-state index is 12.5. The third kappa shape index (κ3) is 4.61.